The standard InChI is InChI=1S/C43H27N2OP/c46-47(33-23-20-28-10-1-3-13-31(28)26-33,34-24-21-29-11-2-4-14-32(29)27-34)40-19-9-17-38-42(40)45-39-18-8-7-16-36(39)37-25-22-30-12-5-6-15-35(30)41(37)43(45)44-38/h1-27H. The molecule has 0 aliphatic carbocycles. The van der Waals surface area contributed by atoms with Crippen LogP contribution in [0.25, 0.3) is 70.7 Å². The van der Waals surface area contributed by atoms with E-state index in [0.717, 1.165) is 81.2 Å². The molecule has 2 aromatic heterocycles. The van der Waals surface area contributed by atoms with Gasteiger partial charge in [0.2, 0.25) is 0 Å². The molecule has 8 aromatic carbocycles. The molecule has 0 N–H and O–H groups in total. The Morgan fingerprint density at radius 3 is 1.74 bits per heavy atom. The molecule has 4 heteroatoms. The smallest absolute Gasteiger partial charge is 0.173 e. The lowest BCUT2D eigenvalue weighted by Crippen LogP contribution is -2.26. The summed E-state index contributed by atoms with van der Waals surface area (Å²) in [6.45, 7) is 0. The Morgan fingerprint density at radius 1 is 0.468 bits per heavy atom. The molecule has 47 heavy (non-hydrogen) atoms. The fourth-order valence-electron chi connectivity index (χ4n) is 7.57. The van der Waals surface area contributed by atoms with Gasteiger partial charge < -0.3 is 4.57 Å². The molecular formula is C43H27N2OP. The third-order valence-electron chi connectivity index (χ3n) is 9.78. The van der Waals surface area contributed by atoms with Crippen LogP contribution in [0.15, 0.2) is 164 Å². The Bertz CT molecular complexity index is 2870. The summed E-state index contributed by atoms with van der Waals surface area (Å²) in [4.78, 5) is 5.35. The van der Waals surface area contributed by atoms with Gasteiger partial charge in [-0.05, 0) is 68.0 Å². The Balaban J connectivity index is 1.40. The van der Waals surface area contributed by atoms with Gasteiger partial charge in [0, 0.05) is 26.7 Å². The summed E-state index contributed by atoms with van der Waals surface area (Å²) in [6.07, 6.45) is 0. The summed E-state index contributed by atoms with van der Waals surface area (Å²) in [5.41, 5.74) is 3.64. The van der Waals surface area contributed by atoms with Crippen LogP contribution in [-0.4, -0.2) is 9.38 Å². The molecule has 3 nitrogen and oxygen atoms in total. The van der Waals surface area contributed by atoms with Crippen LogP contribution in [0.3, 0.4) is 0 Å². The predicted molar refractivity (Wildman–Crippen MR) is 200 cm³/mol. The van der Waals surface area contributed by atoms with E-state index in [4.69, 9.17) is 4.98 Å². The number of aromatic nitrogens is 2. The molecule has 10 rings (SSSR count). The zero-order valence-corrected chi connectivity index (χ0v) is 26.2. The summed E-state index contributed by atoms with van der Waals surface area (Å²) in [7, 11) is -3.45. The summed E-state index contributed by atoms with van der Waals surface area (Å²) >= 11 is 0. The van der Waals surface area contributed by atoms with E-state index in [9.17, 15) is 0 Å². The van der Waals surface area contributed by atoms with E-state index in [-0.39, 0.29) is 0 Å². The van der Waals surface area contributed by atoms with Crippen molar-refractivity contribution in [1.29, 1.82) is 0 Å². The van der Waals surface area contributed by atoms with Crippen LogP contribution in [0.5, 0.6) is 0 Å². The van der Waals surface area contributed by atoms with E-state index in [0.29, 0.717) is 0 Å². The Hall–Kier alpha value is -5.76. The van der Waals surface area contributed by atoms with Gasteiger partial charge in [0.25, 0.3) is 0 Å². The van der Waals surface area contributed by atoms with E-state index >= 15 is 4.57 Å². The van der Waals surface area contributed by atoms with Crippen molar-refractivity contribution in [3.63, 3.8) is 0 Å². The number of rotatable bonds is 3. The predicted octanol–water partition coefficient (Wildman–Crippen LogP) is 9.89. The molecule has 0 bridgehead atoms. The minimum absolute atomic E-state index is 0.790. The van der Waals surface area contributed by atoms with Crippen molar-refractivity contribution in [2.45, 2.75) is 0 Å². The number of fused-ring (bicyclic) bond motifs is 12. The average Bonchev–Trinajstić information content (AvgIpc) is 3.54. The van der Waals surface area contributed by atoms with Crippen LogP contribution in [0.2, 0.25) is 0 Å². The largest absolute Gasteiger partial charge is 0.309 e. The number of hydrogen-bond donors (Lipinski definition) is 0. The first-order valence-electron chi connectivity index (χ1n) is 15.9. The van der Waals surface area contributed by atoms with E-state index in [1.54, 1.807) is 0 Å². The molecule has 0 fully saturated rings. The highest BCUT2D eigenvalue weighted by molar-refractivity contribution is 7.85. The van der Waals surface area contributed by atoms with Crippen molar-refractivity contribution in [3.8, 4) is 0 Å². The maximum atomic E-state index is 16.4. The van der Waals surface area contributed by atoms with Crippen molar-refractivity contribution >= 4 is 93.7 Å². The van der Waals surface area contributed by atoms with Gasteiger partial charge in [-0.2, -0.15) is 0 Å². The molecule has 0 unspecified atom stereocenters. The highest BCUT2D eigenvalue weighted by atomic mass is 31.2. The van der Waals surface area contributed by atoms with Crippen LogP contribution in [0, 0.1) is 0 Å². The van der Waals surface area contributed by atoms with Gasteiger partial charge in [0.15, 0.2) is 7.14 Å². The molecule has 220 valence electrons. The highest BCUT2D eigenvalue weighted by Gasteiger charge is 2.34. The summed E-state index contributed by atoms with van der Waals surface area (Å²) in [5.74, 6) is 0. The number of para-hydroxylation sites is 2. The first-order valence-corrected chi connectivity index (χ1v) is 17.6. The number of pyridine rings is 1. The van der Waals surface area contributed by atoms with E-state index in [2.05, 4.69) is 138 Å². The monoisotopic (exact) mass is 618 g/mol. The Kier molecular flexibility index (Phi) is 5.55. The van der Waals surface area contributed by atoms with Crippen LogP contribution >= 0.6 is 7.14 Å². The fourth-order valence-corrected chi connectivity index (χ4v) is 10.4. The van der Waals surface area contributed by atoms with Gasteiger partial charge >= 0.3 is 0 Å². The van der Waals surface area contributed by atoms with Crippen LogP contribution in [-0.2, 0) is 4.57 Å². The van der Waals surface area contributed by atoms with Crippen molar-refractivity contribution in [2.24, 2.45) is 0 Å². The van der Waals surface area contributed by atoms with Crippen molar-refractivity contribution in [3.05, 3.63) is 164 Å². The van der Waals surface area contributed by atoms with E-state index in [1.807, 2.05) is 30.3 Å². The Morgan fingerprint density at radius 2 is 1.04 bits per heavy atom. The van der Waals surface area contributed by atoms with E-state index in [1.165, 1.54) is 5.39 Å². The zero-order valence-electron chi connectivity index (χ0n) is 25.3. The molecule has 0 aliphatic rings. The number of hydrogen-bond acceptors (Lipinski definition) is 2. The maximum Gasteiger partial charge on any atom is 0.173 e. The number of imidazole rings is 1. The van der Waals surface area contributed by atoms with Crippen LogP contribution in [0.4, 0.5) is 0 Å². The minimum atomic E-state index is -3.45. The van der Waals surface area contributed by atoms with Gasteiger partial charge in [0.1, 0.15) is 5.65 Å². The summed E-state index contributed by atoms with van der Waals surface area (Å²) < 4.78 is 18.7. The average molecular weight is 619 g/mol. The summed E-state index contributed by atoms with van der Waals surface area (Å²) in [5, 5.41) is 12.5. The van der Waals surface area contributed by atoms with Crippen LogP contribution < -0.4 is 15.9 Å². The number of benzene rings is 8. The van der Waals surface area contributed by atoms with Gasteiger partial charge in [-0.25, -0.2) is 4.98 Å². The van der Waals surface area contributed by atoms with Crippen molar-refractivity contribution in [2.75, 3.05) is 0 Å². The first-order chi connectivity index (χ1) is 23.2. The maximum absolute atomic E-state index is 16.4. The van der Waals surface area contributed by atoms with Gasteiger partial charge in [0.05, 0.1) is 16.6 Å². The second-order valence-electron chi connectivity index (χ2n) is 12.3. The zero-order chi connectivity index (χ0) is 31.1. The third kappa shape index (κ3) is 3.75. The quantitative estimate of drug-likeness (QED) is 0.146. The third-order valence-corrected chi connectivity index (χ3v) is 12.8. The molecule has 0 saturated carbocycles. The molecule has 0 saturated heterocycles. The highest BCUT2D eigenvalue weighted by Crippen LogP contribution is 2.46. The molecule has 10 aromatic rings. The second-order valence-corrected chi connectivity index (χ2v) is 15.0. The normalized spacial score (nSPS) is 12.3. The first kappa shape index (κ1) is 26.5. The Labute approximate surface area is 270 Å². The molecule has 0 aliphatic heterocycles. The second kappa shape index (κ2) is 9.87. The van der Waals surface area contributed by atoms with Gasteiger partial charge in [-0.1, -0.05) is 133 Å². The minimum Gasteiger partial charge on any atom is -0.309 e. The van der Waals surface area contributed by atoms with Crippen LogP contribution in [0.1, 0.15) is 0 Å². The van der Waals surface area contributed by atoms with Crippen molar-refractivity contribution < 1.29 is 4.57 Å². The topological polar surface area (TPSA) is 34.4 Å². The molecule has 0 amide bonds. The SMILES string of the molecule is O=P(c1ccc2ccccc2c1)(c1ccc2ccccc2c1)c1cccc2nc3c4c5ccccc5ccc4c4ccccc4n3c12. The molecule has 2 heterocycles. The van der Waals surface area contributed by atoms with Gasteiger partial charge in [-0.3, -0.25) is 4.40 Å². The fraction of sp³-hybridized carbons (Fsp3) is 0. The molecule has 0 atom stereocenters. The molecular weight excluding hydrogens is 591 g/mol. The number of nitrogens with zero attached hydrogens (tertiary/aromatic N) is 2. The lowest BCUT2D eigenvalue weighted by atomic mass is 10.00. The van der Waals surface area contributed by atoms with Crippen molar-refractivity contribution in [1.82, 2.24) is 9.38 Å². The van der Waals surface area contributed by atoms with Gasteiger partial charge in [-0.15, -0.1) is 0 Å². The lowest BCUT2D eigenvalue weighted by Gasteiger charge is -2.22. The lowest BCUT2D eigenvalue weighted by molar-refractivity contribution is 0.592. The molecule has 0 radical (unpaired) electrons. The summed E-state index contributed by atoms with van der Waals surface area (Å²) in [6, 6.07) is 56.7. The van der Waals surface area contributed by atoms with E-state index < -0.39 is 7.14 Å². The molecule has 0 spiro atoms.